The number of H-pyrrole nitrogens is 1. The lowest BCUT2D eigenvalue weighted by molar-refractivity contribution is 0.529. The Bertz CT molecular complexity index is 553. The van der Waals surface area contributed by atoms with Crippen molar-refractivity contribution >= 4 is 0 Å². The van der Waals surface area contributed by atoms with E-state index in [0.29, 0.717) is 6.04 Å². The van der Waals surface area contributed by atoms with E-state index < -0.39 is 0 Å². The monoisotopic (exact) mass is 218 g/mol. The standard InChI is InChI=1S/C11H14N4O/c1-7(2)15-6-9(8(3)14-15)10-4-5-12-11(16)13-10/h4-7H,1-3H3,(H,12,13,16). The van der Waals surface area contributed by atoms with Crippen molar-refractivity contribution in [3.63, 3.8) is 0 Å². The van der Waals surface area contributed by atoms with Crippen molar-refractivity contribution in [3.05, 3.63) is 34.6 Å². The highest BCUT2D eigenvalue weighted by atomic mass is 16.1. The van der Waals surface area contributed by atoms with Crippen molar-refractivity contribution in [2.75, 3.05) is 0 Å². The lowest BCUT2D eigenvalue weighted by Crippen LogP contribution is -2.09. The molecule has 2 heterocycles. The summed E-state index contributed by atoms with van der Waals surface area (Å²) >= 11 is 0. The highest BCUT2D eigenvalue weighted by Gasteiger charge is 2.09. The molecule has 5 heteroatoms. The van der Waals surface area contributed by atoms with E-state index in [2.05, 4.69) is 28.9 Å². The Hall–Kier alpha value is -1.91. The molecular formula is C11H14N4O. The third-order valence-electron chi connectivity index (χ3n) is 2.41. The first kappa shape index (κ1) is 10.6. The van der Waals surface area contributed by atoms with Crippen LogP contribution in [0.2, 0.25) is 0 Å². The van der Waals surface area contributed by atoms with E-state index in [4.69, 9.17) is 0 Å². The summed E-state index contributed by atoms with van der Waals surface area (Å²) in [5.41, 5.74) is 2.25. The second-order valence-electron chi connectivity index (χ2n) is 3.99. The van der Waals surface area contributed by atoms with Crippen LogP contribution in [0.5, 0.6) is 0 Å². The quantitative estimate of drug-likeness (QED) is 0.831. The summed E-state index contributed by atoms with van der Waals surface area (Å²) < 4.78 is 1.88. The van der Waals surface area contributed by atoms with Crippen LogP contribution in [0.15, 0.2) is 23.3 Å². The third kappa shape index (κ3) is 1.88. The molecule has 0 saturated heterocycles. The molecule has 2 aromatic rings. The third-order valence-corrected chi connectivity index (χ3v) is 2.41. The molecule has 0 spiro atoms. The average molecular weight is 218 g/mol. The molecule has 0 amide bonds. The average Bonchev–Trinajstić information content (AvgIpc) is 2.60. The number of hydrogen-bond donors (Lipinski definition) is 1. The largest absolute Gasteiger partial charge is 0.345 e. The number of nitrogens with one attached hydrogen (secondary N) is 1. The molecule has 0 radical (unpaired) electrons. The van der Waals surface area contributed by atoms with Gasteiger partial charge in [-0.25, -0.2) is 9.78 Å². The van der Waals surface area contributed by atoms with Crippen LogP contribution in [0.25, 0.3) is 11.3 Å². The number of hydrogen-bond acceptors (Lipinski definition) is 3. The molecule has 16 heavy (non-hydrogen) atoms. The van der Waals surface area contributed by atoms with Gasteiger partial charge < -0.3 is 4.98 Å². The fourth-order valence-electron chi connectivity index (χ4n) is 1.54. The van der Waals surface area contributed by atoms with Crippen LogP contribution in [0.1, 0.15) is 25.6 Å². The zero-order valence-corrected chi connectivity index (χ0v) is 9.56. The van der Waals surface area contributed by atoms with Gasteiger partial charge in [-0.15, -0.1) is 0 Å². The minimum absolute atomic E-state index is 0.306. The van der Waals surface area contributed by atoms with Gasteiger partial charge in [-0.1, -0.05) is 0 Å². The summed E-state index contributed by atoms with van der Waals surface area (Å²) in [6.45, 7) is 6.05. The zero-order chi connectivity index (χ0) is 11.7. The molecular weight excluding hydrogens is 204 g/mol. The Labute approximate surface area is 93.2 Å². The number of rotatable bonds is 2. The van der Waals surface area contributed by atoms with Crippen molar-refractivity contribution in [2.45, 2.75) is 26.8 Å². The van der Waals surface area contributed by atoms with Gasteiger partial charge >= 0.3 is 5.69 Å². The first-order valence-corrected chi connectivity index (χ1v) is 5.19. The molecule has 5 nitrogen and oxygen atoms in total. The molecule has 0 fully saturated rings. The number of aryl methyl sites for hydroxylation is 1. The van der Waals surface area contributed by atoms with Gasteiger partial charge in [0.25, 0.3) is 0 Å². The van der Waals surface area contributed by atoms with E-state index in [0.717, 1.165) is 17.0 Å². The first-order chi connectivity index (χ1) is 7.58. The van der Waals surface area contributed by atoms with Crippen LogP contribution in [-0.4, -0.2) is 19.7 Å². The van der Waals surface area contributed by atoms with Gasteiger partial charge in [0.2, 0.25) is 0 Å². The maximum Gasteiger partial charge on any atom is 0.345 e. The number of nitrogens with zero attached hydrogens (tertiary/aromatic N) is 3. The molecule has 0 atom stereocenters. The van der Waals surface area contributed by atoms with Crippen LogP contribution >= 0.6 is 0 Å². The van der Waals surface area contributed by atoms with Crippen LogP contribution in [0.4, 0.5) is 0 Å². The molecule has 0 aromatic carbocycles. The second kappa shape index (κ2) is 3.92. The van der Waals surface area contributed by atoms with Crippen molar-refractivity contribution in [1.29, 1.82) is 0 Å². The van der Waals surface area contributed by atoms with Crippen LogP contribution in [0, 0.1) is 6.92 Å². The summed E-state index contributed by atoms with van der Waals surface area (Å²) in [7, 11) is 0. The maximum atomic E-state index is 11.1. The SMILES string of the molecule is Cc1nn(C(C)C)cc1-c1ccnc(=O)[nH]1. The lowest BCUT2D eigenvalue weighted by Gasteiger charge is -2.02. The molecule has 0 aliphatic rings. The number of aromatic amines is 1. The zero-order valence-electron chi connectivity index (χ0n) is 9.56. The van der Waals surface area contributed by atoms with Crippen LogP contribution in [0.3, 0.4) is 0 Å². The summed E-state index contributed by atoms with van der Waals surface area (Å²) in [6.07, 6.45) is 3.44. The Balaban J connectivity index is 2.52. The van der Waals surface area contributed by atoms with E-state index in [1.165, 1.54) is 6.20 Å². The van der Waals surface area contributed by atoms with E-state index in [1.807, 2.05) is 17.8 Å². The van der Waals surface area contributed by atoms with E-state index in [1.54, 1.807) is 6.07 Å². The Morgan fingerprint density at radius 2 is 2.19 bits per heavy atom. The van der Waals surface area contributed by atoms with Gasteiger partial charge in [-0.05, 0) is 26.8 Å². The van der Waals surface area contributed by atoms with Crippen molar-refractivity contribution in [1.82, 2.24) is 19.7 Å². The van der Waals surface area contributed by atoms with Gasteiger partial charge in [0.1, 0.15) is 0 Å². The fourth-order valence-corrected chi connectivity index (χ4v) is 1.54. The van der Waals surface area contributed by atoms with E-state index in [9.17, 15) is 4.79 Å². The lowest BCUT2D eigenvalue weighted by atomic mass is 10.2. The smallest absolute Gasteiger partial charge is 0.305 e. The molecule has 2 aromatic heterocycles. The van der Waals surface area contributed by atoms with Crippen LogP contribution < -0.4 is 5.69 Å². The van der Waals surface area contributed by atoms with Crippen molar-refractivity contribution in [3.8, 4) is 11.3 Å². The van der Waals surface area contributed by atoms with Gasteiger partial charge in [-0.3, -0.25) is 4.68 Å². The molecule has 1 N–H and O–H groups in total. The molecule has 0 saturated carbocycles. The number of aromatic nitrogens is 4. The summed E-state index contributed by atoms with van der Waals surface area (Å²) in [6, 6.07) is 2.08. The predicted octanol–water partition coefficient (Wildman–Crippen LogP) is 1.52. The Morgan fingerprint density at radius 1 is 1.44 bits per heavy atom. The van der Waals surface area contributed by atoms with E-state index >= 15 is 0 Å². The van der Waals surface area contributed by atoms with Gasteiger partial charge in [0.15, 0.2) is 0 Å². The van der Waals surface area contributed by atoms with Crippen molar-refractivity contribution < 1.29 is 0 Å². The fraction of sp³-hybridized carbons (Fsp3) is 0.364. The summed E-state index contributed by atoms with van der Waals surface area (Å²) in [5.74, 6) is 0. The molecule has 0 unspecified atom stereocenters. The molecule has 2 rings (SSSR count). The topological polar surface area (TPSA) is 63.6 Å². The van der Waals surface area contributed by atoms with Gasteiger partial charge in [-0.2, -0.15) is 5.10 Å². The predicted molar refractivity (Wildman–Crippen MR) is 61.2 cm³/mol. The minimum atomic E-state index is -0.339. The van der Waals surface area contributed by atoms with Crippen molar-refractivity contribution in [2.24, 2.45) is 0 Å². The molecule has 0 aliphatic heterocycles. The highest BCUT2D eigenvalue weighted by molar-refractivity contribution is 5.60. The minimum Gasteiger partial charge on any atom is -0.305 e. The van der Waals surface area contributed by atoms with Crippen LogP contribution in [-0.2, 0) is 0 Å². The van der Waals surface area contributed by atoms with E-state index in [-0.39, 0.29) is 5.69 Å². The van der Waals surface area contributed by atoms with Gasteiger partial charge in [0, 0.05) is 24.0 Å². The second-order valence-corrected chi connectivity index (χ2v) is 3.99. The summed E-state index contributed by atoms with van der Waals surface area (Å²) in [5, 5.41) is 4.39. The molecule has 0 aliphatic carbocycles. The highest BCUT2D eigenvalue weighted by Crippen LogP contribution is 2.20. The first-order valence-electron chi connectivity index (χ1n) is 5.19. The maximum absolute atomic E-state index is 11.1. The Kier molecular flexibility index (Phi) is 2.60. The molecule has 84 valence electrons. The molecule has 0 bridgehead atoms. The Morgan fingerprint density at radius 3 is 2.75 bits per heavy atom. The summed E-state index contributed by atoms with van der Waals surface area (Å²) in [4.78, 5) is 17.4. The normalized spacial score (nSPS) is 11.0. The van der Waals surface area contributed by atoms with Gasteiger partial charge in [0.05, 0.1) is 11.4 Å².